The van der Waals surface area contributed by atoms with Gasteiger partial charge in [-0.2, -0.15) is 0 Å². The molecule has 0 saturated carbocycles. The number of esters is 2. The minimum atomic E-state index is -0.479. The molecule has 0 aliphatic heterocycles. The number of nitrogens with one attached hydrogen (secondary N) is 1. The van der Waals surface area contributed by atoms with Crippen LogP contribution in [0.5, 0.6) is 0 Å². The Morgan fingerprint density at radius 1 is 1.00 bits per heavy atom. The summed E-state index contributed by atoms with van der Waals surface area (Å²) in [7, 11) is 0. The van der Waals surface area contributed by atoms with Crippen LogP contribution in [0.25, 0.3) is 10.8 Å². The number of amides is 1. The largest absolute Gasteiger partial charge is 0.462 e. The van der Waals surface area contributed by atoms with Crippen LogP contribution in [0.2, 0.25) is 0 Å². The van der Waals surface area contributed by atoms with Crippen molar-refractivity contribution >= 4 is 45.0 Å². The first-order chi connectivity index (χ1) is 15.6. The Bertz CT molecular complexity index is 1160. The number of rotatable bonds is 7. The van der Waals surface area contributed by atoms with E-state index in [0.29, 0.717) is 10.6 Å². The molecule has 0 spiro atoms. The molecule has 1 aliphatic rings. The number of thiophene rings is 1. The lowest BCUT2D eigenvalue weighted by atomic mass is 9.95. The van der Waals surface area contributed by atoms with Crippen molar-refractivity contribution < 1.29 is 23.9 Å². The Hall–Kier alpha value is -3.19. The molecule has 1 N–H and O–H groups in total. The second kappa shape index (κ2) is 9.96. The maximum Gasteiger partial charge on any atom is 0.341 e. The average Bonchev–Trinajstić information content (AvgIpc) is 3.16. The third kappa shape index (κ3) is 4.83. The van der Waals surface area contributed by atoms with Crippen LogP contribution in [0.15, 0.2) is 42.5 Å². The molecule has 3 aromatic rings. The summed E-state index contributed by atoms with van der Waals surface area (Å²) in [6.45, 7) is 1.61. The third-order valence-electron chi connectivity index (χ3n) is 5.48. The molecule has 166 valence electrons. The number of fused-ring (bicyclic) bond motifs is 2. The van der Waals surface area contributed by atoms with Gasteiger partial charge in [0.25, 0.3) is 5.91 Å². The number of aryl methyl sites for hydroxylation is 1. The van der Waals surface area contributed by atoms with Gasteiger partial charge >= 0.3 is 11.9 Å². The summed E-state index contributed by atoms with van der Waals surface area (Å²) in [5, 5.41) is 5.27. The monoisotopic (exact) mass is 451 g/mol. The lowest BCUT2D eigenvalue weighted by Crippen LogP contribution is -2.22. The highest BCUT2D eigenvalue weighted by atomic mass is 32.1. The highest BCUT2D eigenvalue weighted by molar-refractivity contribution is 7.17. The standard InChI is InChI=1S/C25H25NO5S/c1-2-30-25(29)23-19-12-5-6-13-20(19)32-24(23)26-21(27)15-31-22(28)14-17-10-7-9-16-8-3-4-11-18(16)17/h3-4,7-11H,2,5-6,12-15H2,1H3,(H,26,27). The summed E-state index contributed by atoms with van der Waals surface area (Å²) in [4.78, 5) is 38.5. The summed E-state index contributed by atoms with van der Waals surface area (Å²) in [6, 6.07) is 13.6. The van der Waals surface area contributed by atoms with Crippen LogP contribution < -0.4 is 5.32 Å². The Kier molecular flexibility index (Phi) is 6.85. The van der Waals surface area contributed by atoms with Gasteiger partial charge in [0.15, 0.2) is 6.61 Å². The molecule has 1 amide bonds. The van der Waals surface area contributed by atoms with Gasteiger partial charge in [-0.1, -0.05) is 42.5 Å². The van der Waals surface area contributed by atoms with Gasteiger partial charge < -0.3 is 14.8 Å². The SMILES string of the molecule is CCOC(=O)c1c(NC(=O)COC(=O)Cc2cccc3ccccc23)sc2c1CCCC2. The molecule has 2 aromatic carbocycles. The fourth-order valence-electron chi connectivity index (χ4n) is 4.04. The van der Waals surface area contributed by atoms with E-state index in [-0.39, 0.29) is 13.0 Å². The van der Waals surface area contributed by atoms with E-state index >= 15 is 0 Å². The zero-order valence-electron chi connectivity index (χ0n) is 17.9. The van der Waals surface area contributed by atoms with Crippen LogP contribution in [-0.4, -0.2) is 31.1 Å². The Morgan fingerprint density at radius 2 is 1.78 bits per heavy atom. The van der Waals surface area contributed by atoms with E-state index in [1.807, 2.05) is 42.5 Å². The zero-order valence-corrected chi connectivity index (χ0v) is 18.8. The smallest absolute Gasteiger partial charge is 0.341 e. The summed E-state index contributed by atoms with van der Waals surface area (Å²) in [5.41, 5.74) is 2.27. The summed E-state index contributed by atoms with van der Waals surface area (Å²) >= 11 is 1.41. The van der Waals surface area contributed by atoms with Crippen molar-refractivity contribution in [3.05, 3.63) is 64.0 Å². The van der Waals surface area contributed by atoms with Gasteiger partial charge in [0.2, 0.25) is 0 Å². The average molecular weight is 452 g/mol. The number of carbonyl (C=O) groups excluding carboxylic acids is 3. The number of anilines is 1. The van der Waals surface area contributed by atoms with Gasteiger partial charge in [0.1, 0.15) is 5.00 Å². The van der Waals surface area contributed by atoms with Crippen LogP contribution >= 0.6 is 11.3 Å². The fourth-order valence-corrected chi connectivity index (χ4v) is 5.33. The molecular formula is C25H25NO5S. The van der Waals surface area contributed by atoms with Crippen molar-refractivity contribution in [2.75, 3.05) is 18.5 Å². The van der Waals surface area contributed by atoms with Gasteiger partial charge in [-0.3, -0.25) is 9.59 Å². The molecule has 0 unspecified atom stereocenters. The zero-order chi connectivity index (χ0) is 22.5. The highest BCUT2D eigenvalue weighted by Gasteiger charge is 2.27. The van der Waals surface area contributed by atoms with Gasteiger partial charge in [0.05, 0.1) is 18.6 Å². The van der Waals surface area contributed by atoms with Crippen LogP contribution in [0, 0.1) is 0 Å². The van der Waals surface area contributed by atoms with Gasteiger partial charge in [-0.05, 0) is 54.5 Å². The maximum atomic E-state index is 12.5. The second-order valence-electron chi connectivity index (χ2n) is 7.66. The second-order valence-corrected chi connectivity index (χ2v) is 8.76. The molecule has 0 radical (unpaired) electrons. The van der Waals surface area contributed by atoms with Crippen LogP contribution in [0.1, 0.15) is 46.1 Å². The van der Waals surface area contributed by atoms with Crippen molar-refractivity contribution in [1.29, 1.82) is 0 Å². The van der Waals surface area contributed by atoms with Gasteiger partial charge in [-0.15, -0.1) is 11.3 Å². The van der Waals surface area contributed by atoms with Gasteiger partial charge in [0, 0.05) is 4.88 Å². The molecule has 6 nitrogen and oxygen atoms in total. The molecule has 1 aromatic heterocycles. The molecule has 32 heavy (non-hydrogen) atoms. The van der Waals surface area contributed by atoms with Crippen LogP contribution in [0.4, 0.5) is 5.00 Å². The topological polar surface area (TPSA) is 81.7 Å². The predicted molar refractivity (Wildman–Crippen MR) is 124 cm³/mol. The molecular weight excluding hydrogens is 426 g/mol. The molecule has 7 heteroatoms. The fraction of sp³-hybridized carbons (Fsp3) is 0.320. The molecule has 1 heterocycles. The number of carbonyl (C=O) groups is 3. The van der Waals surface area contributed by atoms with E-state index in [1.54, 1.807) is 6.92 Å². The Balaban J connectivity index is 1.40. The van der Waals surface area contributed by atoms with Crippen molar-refractivity contribution in [3.8, 4) is 0 Å². The van der Waals surface area contributed by atoms with E-state index < -0.39 is 24.5 Å². The maximum absolute atomic E-state index is 12.5. The molecule has 0 bridgehead atoms. The van der Waals surface area contributed by atoms with E-state index in [2.05, 4.69) is 5.32 Å². The number of benzene rings is 2. The minimum Gasteiger partial charge on any atom is -0.462 e. The summed E-state index contributed by atoms with van der Waals surface area (Å²) < 4.78 is 10.4. The summed E-state index contributed by atoms with van der Waals surface area (Å²) in [5.74, 6) is -1.37. The lowest BCUT2D eigenvalue weighted by Gasteiger charge is -2.12. The number of hydrogen-bond donors (Lipinski definition) is 1. The van der Waals surface area contributed by atoms with E-state index in [4.69, 9.17) is 9.47 Å². The normalized spacial score (nSPS) is 12.8. The van der Waals surface area contributed by atoms with E-state index in [1.165, 1.54) is 11.3 Å². The van der Waals surface area contributed by atoms with Crippen LogP contribution in [-0.2, 0) is 38.3 Å². The van der Waals surface area contributed by atoms with Crippen molar-refractivity contribution in [2.24, 2.45) is 0 Å². The van der Waals surface area contributed by atoms with Crippen molar-refractivity contribution in [2.45, 2.75) is 39.0 Å². The third-order valence-corrected chi connectivity index (χ3v) is 6.69. The Morgan fingerprint density at radius 3 is 2.62 bits per heavy atom. The predicted octanol–water partition coefficient (Wildman–Crippen LogP) is 4.68. The molecule has 0 fully saturated rings. The molecule has 1 aliphatic carbocycles. The first kappa shape index (κ1) is 22.0. The van der Waals surface area contributed by atoms with E-state index in [0.717, 1.165) is 52.5 Å². The number of ether oxygens (including phenoxy) is 2. The quantitative estimate of drug-likeness (QED) is 0.528. The highest BCUT2D eigenvalue weighted by Crippen LogP contribution is 2.38. The molecule has 4 rings (SSSR count). The van der Waals surface area contributed by atoms with E-state index in [9.17, 15) is 14.4 Å². The van der Waals surface area contributed by atoms with Crippen molar-refractivity contribution in [3.63, 3.8) is 0 Å². The molecule has 0 atom stereocenters. The Labute approximate surface area is 190 Å². The summed E-state index contributed by atoms with van der Waals surface area (Å²) in [6.07, 6.45) is 3.85. The molecule has 0 saturated heterocycles. The van der Waals surface area contributed by atoms with Gasteiger partial charge in [-0.25, -0.2) is 4.79 Å². The minimum absolute atomic E-state index is 0.0794. The first-order valence-corrected chi connectivity index (χ1v) is 11.6. The first-order valence-electron chi connectivity index (χ1n) is 10.8. The van der Waals surface area contributed by atoms with Crippen LogP contribution in [0.3, 0.4) is 0 Å². The van der Waals surface area contributed by atoms with Crippen molar-refractivity contribution in [1.82, 2.24) is 0 Å². The number of hydrogen-bond acceptors (Lipinski definition) is 6. The lowest BCUT2D eigenvalue weighted by molar-refractivity contribution is -0.146.